The van der Waals surface area contributed by atoms with Crippen LogP contribution < -0.4 is 0 Å². The largest absolute Gasteiger partial charge is 0.433 e. The number of carbonyl (C=O) groups excluding carboxylic acids is 1. The molecule has 0 saturated carbocycles. The van der Waals surface area contributed by atoms with E-state index in [0.717, 1.165) is 18.3 Å². The molecule has 1 aromatic rings. The Bertz CT molecular complexity index is 412. The molecule has 0 radical (unpaired) electrons. The number of hydrogen-bond donors (Lipinski definition) is 0. The molecule has 0 aliphatic carbocycles. The van der Waals surface area contributed by atoms with E-state index in [9.17, 15) is 18.0 Å². The van der Waals surface area contributed by atoms with E-state index in [4.69, 9.17) is 0 Å². The highest BCUT2D eigenvalue weighted by molar-refractivity contribution is 5.93. The van der Waals surface area contributed by atoms with E-state index in [1.54, 1.807) is 7.05 Å². The Hall–Kier alpha value is -1.59. The van der Waals surface area contributed by atoms with E-state index in [0.29, 0.717) is 12.5 Å². The highest BCUT2D eigenvalue weighted by Crippen LogP contribution is 2.27. The number of alkyl halides is 3. The number of hydrogen-bond acceptors (Lipinski definition) is 2. The van der Waals surface area contributed by atoms with Crippen LogP contribution in [0.15, 0.2) is 18.3 Å². The predicted octanol–water partition coefficient (Wildman–Crippen LogP) is 2.83. The van der Waals surface area contributed by atoms with Crippen molar-refractivity contribution in [1.82, 2.24) is 9.88 Å². The molecule has 100 valence electrons. The van der Waals surface area contributed by atoms with Crippen LogP contribution in [-0.2, 0) is 6.18 Å². The Labute approximate surface area is 104 Å². The number of rotatable bonds is 3. The minimum atomic E-state index is -4.48. The van der Waals surface area contributed by atoms with Gasteiger partial charge >= 0.3 is 6.18 Å². The molecule has 0 bridgehead atoms. The molecule has 1 rings (SSSR count). The molecule has 0 aliphatic rings. The summed E-state index contributed by atoms with van der Waals surface area (Å²) in [6.07, 6.45) is -3.52. The predicted molar refractivity (Wildman–Crippen MR) is 61.0 cm³/mol. The second-order valence-corrected chi connectivity index (χ2v) is 4.51. The van der Waals surface area contributed by atoms with Gasteiger partial charge in [-0.15, -0.1) is 0 Å². The summed E-state index contributed by atoms with van der Waals surface area (Å²) in [5.74, 6) is -0.0358. The number of pyridine rings is 1. The monoisotopic (exact) mass is 260 g/mol. The Balaban J connectivity index is 2.82. The quantitative estimate of drug-likeness (QED) is 0.837. The maximum absolute atomic E-state index is 12.3. The molecule has 0 saturated heterocycles. The van der Waals surface area contributed by atoms with Crippen molar-refractivity contribution in [2.45, 2.75) is 20.0 Å². The van der Waals surface area contributed by atoms with Gasteiger partial charge < -0.3 is 4.90 Å². The van der Waals surface area contributed by atoms with Gasteiger partial charge in [-0.1, -0.05) is 13.8 Å². The molecule has 6 heteroatoms. The SMILES string of the molecule is CC(C)CN(C)C(=O)c1ccc(C(F)(F)F)nc1. The van der Waals surface area contributed by atoms with Gasteiger partial charge in [0.05, 0.1) is 5.56 Å². The second kappa shape index (κ2) is 5.37. The van der Waals surface area contributed by atoms with Gasteiger partial charge in [-0.25, -0.2) is 0 Å². The molecule has 0 spiro atoms. The molecule has 0 aromatic carbocycles. The summed E-state index contributed by atoms with van der Waals surface area (Å²) in [5, 5.41) is 0. The Kier molecular flexibility index (Phi) is 4.32. The average Bonchev–Trinajstić information content (AvgIpc) is 2.26. The Morgan fingerprint density at radius 1 is 1.39 bits per heavy atom. The van der Waals surface area contributed by atoms with E-state index >= 15 is 0 Å². The molecule has 0 fully saturated rings. The lowest BCUT2D eigenvalue weighted by Gasteiger charge is -2.19. The van der Waals surface area contributed by atoms with E-state index < -0.39 is 11.9 Å². The molecule has 0 unspecified atom stereocenters. The molecule has 1 amide bonds. The highest BCUT2D eigenvalue weighted by Gasteiger charge is 2.32. The van der Waals surface area contributed by atoms with Crippen LogP contribution >= 0.6 is 0 Å². The zero-order valence-corrected chi connectivity index (χ0v) is 10.5. The topological polar surface area (TPSA) is 33.2 Å². The molecule has 0 N–H and O–H groups in total. The summed E-state index contributed by atoms with van der Waals surface area (Å²) in [5.41, 5.74) is -0.836. The van der Waals surface area contributed by atoms with Crippen LogP contribution in [0, 0.1) is 5.92 Å². The molecule has 3 nitrogen and oxygen atoms in total. The summed E-state index contributed by atoms with van der Waals surface area (Å²) in [4.78, 5) is 16.6. The summed E-state index contributed by atoms with van der Waals surface area (Å²) < 4.78 is 36.9. The van der Waals surface area contributed by atoms with Crippen molar-refractivity contribution in [3.63, 3.8) is 0 Å². The van der Waals surface area contributed by atoms with Crippen LogP contribution in [0.5, 0.6) is 0 Å². The molecular weight excluding hydrogens is 245 g/mol. The van der Waals surface area contributed by atoms with Crippen molar-refractivity contribution in [3.05, 3.63) is 29.6 Å². The van der Waals surface area contributed by atoms with Crippen LogP contribution in [0.3, 0.4) is 0 Å². The summed E-state index contributed by atoms with van der Waals surface area (Å²) in [6.45, 7) is 4.45. The van der Waals surface area contributed by atoms with Crippen molar-refractivity contribution in [2.75, 3.05) is 13.6 Å². The fourth-order valence-electron chi connectivity index (χ4n) is 1.54. The average molecular weight is 260 g/mol. The van der Waals surface area contributed by atoms with Crippen LogP contribution in [0.1, 0.15) is 29.9 Å². The lowest BCUT2D eigenvalue weighted by atomic mass is 10.2. The van der Waals surface area contributed by atoms with Crippen molar-refractivity contribution >= 4 is 5.91 Å². The third kappa shape index (κ3) is 3.72. The fraction of sp³-hybridized carbons (Fsp3) is 0.500. The van der Waals surface area contributed by atoms with E-state index in [-0.39, 0.29) is 11.5 Å². The van der Waals surface area contributed by atoms with E-state index in [1.165, 1.54) is 4.90 Å². The van der Waals surface area contributed by atoms with Gasteiger partial charge in [0, 0.05) is 19.8 Å². The first kappa shape index (κ1) is 14.5. The number of carbonyl (C=O) groups is 1. The number of nitrogens with zero attached hydrogens (tertiary/aromatic N) is 2. The zero-order chi connectivity index (χ0) is 13.9. The third-order valence-electron chi connectivity index (χ3n) is 2.29. The van der Waals surface area contributed by atoms with Crippen molar-refractivity contribution in [2.24, 2.45) is 5.92 Å². The van der Waals surface area contributed by atoms with Gasteiger partial charge in [0.15, 0.2) is 0 Å². The molecule has 1 aromatic heterocycles. The van der Waals surface area contributed by atoms with Crippen LogP contribution in [0.25, 0.3) is 0 Å². The summed E-state index contributed by atoms with van der Waals surface area (Å²) >= 11 is 0. The maximum atomic E-state index is 12.3. The molecule has 0 atom stereocenters. The van der Waals surface area contributed by atoms with Crippen LogP contribution in [0.2, 0.25) is 0 Å². The highest BCUT2D eigenvalue weighted by atomic mass is 19.4. The van der Waals surface area contributed by atoms with Crippen LogP contribution in [-0.4, -0.2) is 29.4 Å². The molecule has 0 aliphatic heterocycles. The van der Waals surface area contributed by atoms with Crippen molar-refractivity contribution in [3.8, 4) is 0 Å². The number of aromatic nitrogens is 1. The van der Waals surface area contributed by atoms with Gasteiger partial charge in [-0.3, -0.25) is 9.78 Å². The van der Waals surface area contributed by atoms with E-state index in [2.05, 4.69) is 4.98 Å². The number of halogens is 3. The van der Waals surface area contributed by atoms with Crippen molar-refractivity contribution in [1.29, 1.82) is 0 Å². The Morgan fingerprint density at radius 2 is 2.00 bits per heavy atom. The van der Waals surface area contributed by atoms with Crippen LogP contribution in [0.4, 0.5) is 13.2 Å². The Morgan fingerprint density at radius 3 is 2.39 bits per heavy atom. The van der Waals surface area contributed by atoms with Gasteiger partial charge in [0.2, 0.25) is 0 Å². The first-order chi connectivity index (χ1) is 8.21. The second-order valence-electron chi connectivity index (χ2n) is 4.51. The minimum Gasteiger partial charge on any atom is -0.341 e. The van der Waals surface area contributed by atoms with Gasteiger partial charge in [-0.2, -0.15) is 13.2 Å². The van der Waals surface area contributed by atoms with Gasteiger partial charge in [0.1, 0.15) is 5.69 Å². The van der Waals surface area contributed by atoms with Gasteiger partial charge in [-0.05, 0) is 18.1 Å². The normalized spacial score (nSPS) is 11.7. The first-order valence-corrected chi connectivity index (χ1v) is 5.50. The minimum absolute atomic E-state index is 0.158. The number of amides is 1. The zero-order valence-electron chi connectivity index (χ0n) is 10.5. The maximum Gasteiger partial charge on any atom is 0.433 e. The summed E-state index contributed by atoms with van der Waals surface area (Å²) in [7, 11) is 1.61. The lowest BCUT2D eigenvalue weighted by molar-refractivity contribution is -0.141. The smallest absolute Gasteiger partial charge is 0.341 e. The molecule has 1 heterocycles. The molecule has 18 heavy (non-hydrogen) atoms. The third-order valence-corrected chi connectivity index (χ3v) is 2.29. The fourth-order valence-corrected chi connectivity index (χ4v) is 1.54. The summed E-state index contributed by atoms with van der Waals surface area (Å²) in [6, 6.07) is 1.96. The standard InChI is InChI=1S/C12H15F3N2O/c1-8(2)7-17(3)11(18)9-4-5-10(16-6-9)12(13,14)15/h4-6,8H,7H2,1-3H3. The molecular formula is C12H15F3N2O. The van der Waals surface area contributed by atoms with Gasteiger partial charge in [0.25, 0.3) is 5.91 Å². The first-order valence-electron chi connectivity index (χ1n) is 5.50. The lowest BCUT2D eigenvalue weighted by Crippen LogP contribution is -2.30. The van der Waals surface area contributed by atoms with E-state index in [1.807, 2.05) is 13.8 Å². The van der Waals surface area contributed by atoms with Crippen molar-refractivity contribution < 1.29 is 18.0 Å².